The van der Waals surface area contributed by atoms with Crippen LogP contribution in [0.3, 0.4) is 0 Å². The van der Waals surface area contributed by atoms with Gasteiger partial charge in [-0.05, 0) is 25.0 Å². The van der Waals surface area contributed by atoms with E-state index in [2.05, 4.69) is 23.8 Å². The van der Waals surface area contributed by atoms with Crippen LogP contribution < -0.4 is 5.73 Å². The second kappa shape index (κ2) is 4.80. The molecule has 0 spiro atoms. The van der Waals surface area contributed by atoms with Crippen molar-refractivity contribution in [3.8, 4) is 10.6 Å². The van der Waals surface area contributed by atoms with Crippen molar-refractivity contribution >= 4 is 22.9 Å². The zero-order chi connectivity index (χ0) is 12.5. The van der Waals surface area contributed by atoms with Gasteiger partial charge in [0, 0.05) is 0 Å². The van der Waals surface area contributed by atoms with Gasteiger partial charge in [0.1, 0.15) is 5.82 Å². The third-order valence-corrected chi connectivity index (χ3v) is 4.41. The van der Waals surface area contributed by atoms with E-state index in [1.165, 1.54) is 11.3 Å². The van der Waals surface area contributed by atoms with E-state index in [0.29, 0.717) is 0 Å². The van der Waals surface area contributed by atoms with Crippen LogP contribution in [-0.2, 0) is 5.54 Å². The molecule has 0 amide bonds. The second-order valence-electron chi connectivity index (χ2n) is 4.11. The molecule has 0 aliphatic rings. The van der Waals surface area contributed by atoms with Crippen LogP contribution in [0.1, 0.15) is 32.5 Å². The molecule has 0 radical (unpaired) electrons. The maximum atomic E-state index is 6.30. The van der Waals surface area contributed by atoms with Gasteiger partial charge in [-0.25, -0.2) is 4.98 Å². The summed E-state index contributed by atoms with van der Waals surface area (Å²) in [6.45, 7) is 4.15. The predicted octanol–water partition coefficient (Wildman–Crippen LogP) is 3.77. The van der Waals surface area contributed by atoms with Gasteiger partial charge in [-0.3, -0.25) is 0 Å². The number of hydrogen-bond donors (Lipinski definition) is 2. The van der Waals surface area contributed by atoms with Crippen molar-refractivity contribution in [2.75, 3.05) is 0 Å². The number of aromatic amines is 1. The monoisotopic (exact) mass is 269 g/mol. The van der Waals surface area contributed by atoms with Crippen LogP contribution in [0.2, 0.25) is 4.34 Å². The van der Waals surface area contributed by atoms with E-state index in [1.54, 1.807) is 0 Å². The number of nitrogens with two attached hydrogens (primary N) is 1. The molecule has 0 atom stereocenters. The number of nitrogens with one attached hydrogen (secondary N) is 1. The van der Waals surface area contributed by atoms with E-state index in [9.17, 15) is 0 Å². The SMILES string of the molecule is CCC(N)(CC)c1ncc(-c2ccc(Cl)s2)[nH]1. The van der Waals surface area contributed by atoms with Gasteiger partial charge < -0.3 is 10.7 Å². The third-order valence-electron chi connectivity index (χ3n) is 3.15. The molecule has 2 aromatic rings. The molecule has 92 valence electrons. The zero-order valence-corrected chi connectivity index (χ0v) is 11.5. The highest BCUT2D eigenvalue weighted by Gasteiger charge is 2.26. The lowest BCUT2D eigenvalue weighted by molar-refractivity contribution is 0.391. The predicted molar refractivity (Wildman–Crippen MR) is 73.4 cm³/mol. The number of H-pyrrole nitrogens is 1. The molecular weight excluding hydrogens is 254 g/mol. The fourth-order valence-corrected chi connectivity index (χ4v) is 2.75. The van der Waals surface area contributed by atoms with Gasteiger partial charge in [-0.1, -0.05) is 25.4 Å². The molecule has 3 N–H and O–H groups in total. The summed E-state index contributed by atoms with van der Waals surface area (Å²) in [6.07, 6.45) is 3.55. The Balaban J connectivity index is 2.33. The summed E-state index contributed by atoms with van der Waals surface area (Å²) < 4.78 is 0.779. The van der Waals surface area contributed by atoms with E-state index >= 15 is 0 Å². The topological polar surface area (TPSA) is 54.7 Å². The molecule has 2 heterocycles. The van der Waals surface area contributed by atoms with Gasteiger partial charge in [-0.2, -0.15) is 0 Å². The first-order valence-electron chi connectivity index (χ1n) is 5.69. The minimum Gasteiger partial charge on any atom is -0.340 e. The molecule has 3 nitrogen and oxygen atoms in total. The van der Waals surface area contributed by atoms with Crippen molar-refractivity contribution in [2.45, 2.75) is 32.2 Å². The molecule has 0 unspecified atom stereocenters. The first kappa shape index (κ1) is 12.6. The summed E-state index contributed by atoms with van der Waals surface area (Å²) in [7, 11) is 0. The Morgan fingerprint density at radius 1 is 1.41 bits per heavy atom. The number of thiophene rings is 1. The summed E-state index contributed by atoms with van der Waals surface area (Å²) in [4.78, 5) is 8.79. The standard InChI is InChI=1S/C12H16ClN3S/c1-3-12(14,4-2)11-15-7-8(16-11)9-5-6-10(13)17-9/h5-7H,3-4,14H2,1-2H3,(H,15,16). The quantitative estimate of drug-likeness (QED) is 0.888. The van der Waals surface area contributed by atoms with Gasteiger partial charge in [0.15, 0.2) is 0 Å². The lowest BCUT2D eigenvalue weighted by atomic mass is 9.93. The first-order chi connectivity index (χ1) is 8.09. The molecule has 2 rings (SSSR count). The van der Waals surface area contributed by atoms with Gasteiger partial charge >= 0.3 is 0 Å². The maximum absolute atomic E-state index is 6.30. The Bertz CT molecular complexity index is 499. The van der Waals surface area contributed by atoms with Gasteiger partial charge in [0.05, 0.1) is 26.6 Å². The van der Waals surface area contributed by atoms with Crippen LogP contribution in [-0.4, -0.2) is 9.97 Å². The lowest BCUT2D eigenvalue weighted by Crippen LogP contribution is -2.36. The van der Waals surface area contributed by atoms with Gasteiger partial charge in [-0.15, -0.1) is 11.3 Å². The molecule has 0 saturated heterocycles. The average molecular weight is 270 g/mol. The van der Waals surface area contributed by atoms with E-state index in [1.807, 2.05) is 18.3 Å². The average Bonchev–Trinajstić information content (AvgIpc) is 2.96. The molecule has 0 aliphatic carbocycles. The Kier molecular flexibility index (Phi) is 3.56. The number of rotatable bonds is 4. The Labute approximate surface area is 110 Å². The molecule has 17 heavy (non-hydrogen) atoms. The van der Waals surface area contributed by atoms with Crippen molar-refractivity contribution in [2.24, 2.45) is 5.73 Å². The summed E-state index contributed by atoms with van der Waals surface area (Å²) in [5, 5.41) is 0. The van der Waals surface area contributed by atoms with Crippen LogP contribution in [0.5, 0.6) is 0 Å². The van der Waals surface area contributed by atoms with Crippen LogP contribution in [0.15, 0.2) is 18.3 Å². The largest absolute Gasteiger partial charge is 0.340 e. The Morgan fingerprint density at radius 3 is 2.65 bits per heavy atom. The Morgan fingerprint density at radius 2 is 2.12 bits per heavy atom. The van der Waals surface area contributed by atoms with Crippen molar-refractivity contribution in [1.29, 1.82) is 0 Å². The fourth-order valence-electron chi connectivity index (χ4n) is 1.74. The van der Waals surface area contributed by atoms with Crippen molar-refractivity contribution < 1.29 is 0 Å². The highest BCUT2D eigenvalue weighted by molar-refractivity contribution is 7.19. The molecule has 5 heteroatoms. The van der Waals surface area contributed by atoms with Crippen LogP contribution in [0, 0.1) is 0 Å². The number of aromatic nitrogens is 2. The number of halogens is 1. The molecule has 0 fully saturated rings. The summed E-state index contributed by atoms with van der Waals surface area (Å²) in [5.41, 5.74) is 6.92. The van der Waals surface area contributed by atoms with Crippen molar-refractivity contribution in [1.82, 2.24) is 9.97 Å². The highest BCUT2D eigenvalue weighted by atomic mass is 35.5. The normalized spacial score (nSPS) is 12.0. The van der Waals surface area contributed by atoms with E-state index in [0.717, 1.165) is 33.6 Å². The molecule has 0 aromatic carbocycles. The summed E-state index contributed by atoms with van der Waals surface area (Å²) in [6, 6.07) is 3.87. The second-order valence-corrected chi connectivity index (χ2v) is 5.83. The molecular formula is C12H16ClN3S. The summed E-state index contributed by atoms with van der Waals surface area (Å²) in [5.74, 6) is 0.849. The van der Waals surface area contributed by atoms with Gasteiger partial charge in [0.2, 0.25) is 0 Å². The Hall–Kier alpha value is -0.840. The molecule has 0 aliphatic heterocycles. The maximum Gasteiger partial charge on any atom is 0.126 e. The number of imidazole rings is 1. The number of nitrogens with zero attached hydrogens (tertiary/aromatic N) is 1. The van der Waals surface area contributed by atoms with Crippen molar-refractivity contribution in [3.63, 3.8) is 0 Å². The number of hydrogen-bond acceptors (Lipinski definition) is 3. The lowest BCUT2D eigenvalue weighted by Gasteiger charge is -2.23. The van der Waals surface area contributed by atoms with E-state index < -0.39 is 0 Å². The van der Waals surface area contributed by atoms with E-state index in [-0.39, 0.29) is 5.54 Å². The van der Waals surface area contributed by atoms with Gasteiger partial charge in [0.25, 0.3) is 0 Å². The van der Waals surface area contributed by atoms with Crippen molar-refractivity contribution in [3.05, 3.63) is 28.5 Å². The fraction of sp³-hybridized carbons (Fsp3) is 0.417. The highest BCUT2D eigenvalue weighted by Crippen LogP contribution is 2.31. The molecule has 0 saturated carbocycles. The minimum atomic E-state index is -0.362. The van der Waals surface area contributed by atoms with E-state index in [4.69, 9.17) is 17.3 Å². The van der Waals surface area contributed by atoms with Crippen LogP contribution >= 0.6 is 22.9 Å². The zero-order valence-electron chi connectivity index (χ0n) is 9.96. The first-order valence-corrected chi connectivity index (χ1v) is 6.88. The molecule has 2 aromatic heterocycles. The summed E-state index contributed by atoms with van der Waals surface area (Å²) >= 11 is 7.45. The minimum absolute atomic E-state index is 0.362. The smallest absolute Gasteiger partial charge is 0.126 e. The van der Waals surface area contributed by atoms with Crippen LogP contribution in [0.25, 0.3) is 10.6 Å². The molecule has 0 bridgehead atoms. The third kappa shape index (κ3) is 2.39. The van der Waals surface area contributed by atoms with Crippen LogP contribution in [0.4, 0.5) is 0 Å².